The maximum atomic E-state index is 12.2. The van der Waals surface area contributed by atoms with Gasteiger partial charge < -0.3 is 0 Å². The Morgan fingerprint density at radius 3 is 2.39 bits per heavy atom. The van der Waals surface area contributed by atoms with Crippen molar-refractivity contribution >= 4 is 0 Å². The van der Waals surface area contributed by atoms with Crippen LogP contribution in [0.5, 0.6) is 0 Å². The highest BCUT2D eigenvalue weighted by Crippen LogP contribution is 2.25. The Morgan fingerprint density at radius 1 is 1.28 bits per heavy atom. The van der Waals surface area contributed by atoms with Crippen molar-refractivity contribution in [3.63, 3.8) is 0 Å². The summed E-state index contributed by atoms with van der Waals surface area (Å²) < 4.78 is 36.5. The van der Waals surface area contributed by atoms with Crippen LogP contribution in [0.25, 0.3) is 0 Å². The molecule has 1 rings (SSSR count). The number of alkyl halides is 3. The molecule has 1 aromatic carbocycles. The van der Waals surface area contributed by atoms with Crippen LogP contribution in [0.2, 0.25) is 0 Å². The van der Waals surface area contributed by atoms with E-state index in [2.05, 4.69) is 0 Å². The molecule has 0 fully saturated rings. The van der Waals surface area contributed by atoms with Crippen LogP contribution in [0.4, 0.5) is 13.2 Å². The number of hydrogen-bond acceptors (Lipinski definition) is 2. The van der Waals surface area contributed by atoms with Gasteiger partial charge in [-0.05, 0) is 12.6 Å². The molecule has 1 unspecified atom stereocenters. The Hall–Kier alpha value is -1.54. The first-order valence-electron chi connectivity index (χ1n) is 5.63. The number of rotatable bonds is 5. The van der Waals surface area contributed by atoms with Gasteiger partial charge in [0.2, 0.25) is 0 Å². The molecule has 18 heavy (non-hydrogen) atoms. The lowest BCUT2D eigenvalue weighted by molar-refractivity contribution is -0.138. The smallest absolute Gasteiger partial charge is 0.298 e. The Bertz CT molecular complexity index is 395. The molecule has 0 saturated carbocycles. The molecule has 0 radical (unpaired) electrons. The van der Waals surface area contributed by atoms with Gasteiger partial charge in [0.25, 0.3) is 0 Å². The highest BCUT2D eigenvalue weighted by molar-refractivity contribution is 5.20. The maximum absolute atomic E-state index is 12.2. The Labute approximate surface area is 105 Å². The fraction of sp³-hybridized carbons (Fsp3) is 0.462. The van der Waals surface area contributed by atoms with Crippen LogP contribution in [0.3, 0.4) is 0 Å². The van der Waals surface area contributed by atoms with Crippen molar-refractivity contribution in [1.29, 1.82) is 5.26 Å². The van der Waals surface area contributed by atoms with E-state index < -0.39 is 12.6 Å². The Morgan fingerprint density at radius 2 is 1.89 bits per heavy atom. The van der Waals surface area contributed by atoms with Crippen LogP contribution in [-0.2, 0) is 0 Å². The lowest BCUT2D eigenvalue weighted by Gasteiger charge is -2.27. The van der Waals surface area contributed by atoms with Crippen LogP contribution in [0, 0.1) is 11.3 Å². The van der Waals surface area contributed by atoms with Gasteiger partial charge in [0.1, 0.15) is 0 Å². The fourth-order valence-corrected chi connectivity index (χ4v) is 1.75. The zero-order valence-corrected chi connectivity index (χ0v) is 10.1. The molecular formula is C13H15F3N2. The van der Waals surface area contributed by atoms with Gasteiger partial charge in [-0.3, -0.25) is 4.90 Å². The van der Waals surface area contributed by atoms with Crippen LogP contribution in [0.1, 0.15) is 24.4 Å². The lowest BCUT2D eigenvalue weighted by atomic mass is 10.0. The molecule has 0 bridgehead atoms. The zero-order valence-electron chi connectivity index (χ0n) is 10.1. The van der Waals surface area contributed by atoms with Crippen LogP contribution >= 0.6 is 0 Å². The number of nitriles is 1. The van der Waals surface area contributed by atoms with Crippen molar-refractivity contribution in [2.45, 2.75) is 25.1 Å². The molecule has 1 aromatic rings. The Balaban J connectivity index is 2.71. The van der Waals surface area contributed by atoms with Crippen molar-refractivity contribution in [1.82, 2.24) is 4.90 Å². The van der Waals surface area contributed by atoms with Gasteiger partial charge in [0.05, 0.1) is 18.9 Å². The summed E-state index contributed by atoms with van der Waals surface area (Å²) in [6.45, 7) is -0.106. The maximum Gasteiger partial charge on any atom is 0.390 e. The van der Waals surface area contributed by atoms with Gasteiger partial charge in [-0.25, -0.2) is 0 Å². The first kappa shape index (κ1) is 14.5. The van der Waals surface area contributed by atoms with Gasteiger partial charge in [-0.2, -0.15) is 18.4 Å². The predicted molar refractivity (Wildman–Crippen MR) is 62.7 cm³/mol. The molecule has 0 spiro atoms. The third-order valence-electron chi connectivity index (χ3n) is 2.75. The van der Waals surface area contributed by atoms with Crippen LogP contribution in [-0.4, -0.2) is 24.7 Å². The van der Waals surface area contributed by atoms with E-state index in [0.717, 1.165) is 5.56 Å². The van der Waals surface area contributed by atoms with Crippen molar-refractivity contribution in [3.05, 3.63) is 35.9 Å². The summed E-state index contributed by atoms with van der Waals surface area (Å²) in [7, 11) is 1.61. The van der Waals surface area contributed by atoms with Gasteiger partial charge in [-0.1, -0.05) is 30.3 Å². The molecule has 1 atom stereocenters. The molecule has 5 heteroatoms. The SMILES string of the molecule is CN(CCC(F)(F)F)C(CC#N)c1ccccc1. The molecular weight excluding hydrogens is 241 g/mol. The quantitative estimate of drug-likeness (QED) is 0.805. The van der Waals surface area contributed by atoms with E-state index in [1.807, 2.05) is 36.4 Å². The summed E-state index contributed by atoms with van der Waals surface area (Å²) in [5, 5.41) is 8.78. The zero-order chi connectivity index (χ0) is 13.6. The molecule has 0 N–H and O–H groups in total. The van der Waals surface area contributed by atoms with Gasteiger partial charge in [-0.15, -0.1) is 0 Å². The average molecular weight is 256 g/mol. The minimum Gasteiger partial charge on any atom is -0.298 e. The Kier molecular flexibility index (Phi) is 5.17. The topological polar surface area (TPSA) is 27.0 Å². The second-order valence-electron chi connectivity index (χ2n) is 4.13. The molecule has 0 aliphatic rings. The second kappa shape index (κ2) is 6.41. The first-order chi connectivity index (χ1) is 8.44. The van der Waals surface area contributed by atoms with Gasteiger partial charge >= 0.3 is 6.18 Å². The molecule has 0 heterocycles. The molecule has 0 aliphatic carbocycles. The summed E-state index contributed by atoms with van der Waals surface area (Å²) in [6.07, 6.45) is -4.85. The highest BCUT2D eigenvalue weighted by atomic mass is 19.4. The second-order valence-corrected chi connectivity index (χ2v) is 4.13. The molecule has 0 saturated heterocycles. The standard InChI is InChI=1S/C13H15F3N2/c1-18(10-8-13(14,15)16)12(7-9-17)11-5-3-2-4-6-11/h2-6,12H,7-8,10H2,1H3. The van der Waals surface area contributed by atoms with E-state index in [4.69, 9.17) is 5.26 Å². The molecule has 98 valence electrons. The van der Waals surface area contributed by atoms with E-state index in [0.29, 0.717) is 0 Å². The monoisotopic (exact) mass is 256 g/mol. The number of nitrogens with zero attached hydrogens (tertiary/aromatic N) is 2. The van der Waals surface area contributed by atoms with Crippen molar-refractivity contribution in [2.24, 2.45) is 0 Å². The summed E-state index contributed by atoms with van der Waals surface area (Å²) in [6, 6.07) is 10.8. The van der Waals surface area contributed by atoms with Crippen molar-refractivity contribution in [3.8, 4) is 6.07 Å². The highest BCUT2D eigenvalue weighted by Gasteiger charge is 2.28. The third-order valence-corrected chi connectivity index (χ3v) is 2.75. The molecule has 0 amide bonds. The summed E-state index contributed by atoms with van der Waals surface area (Å²) >= 11 is 0. The molecule has 0 aliphatic heterocycles. The minimum atomic E-state index is -4.16. The largest absolute Gasteiger partial charge is 0.390 e. The van der Waals surface area contributed by atoms with Gasteiger partial charge in [0, 0.05) is 12.6 Å². The lowest BCUT2D eigenvalue weighted by Crippen LogP contribution is -2.28. The number of benzene rings is 1. The van der Waals surface area contributed by atoms with Crippen LogP contribution in [0.15, 0.2) is 30.3 Å². The first-order valence-corrected chi connectivity index (χ1v) is 5.63. The minimum absolute atomic E-state index is 0.106. The van der Waals surface area contributed by atoms with E-state index >= 15 is 0 Å². The van der Waals surface area contributed by atoms with E-state index in [-0.39, 0.29) is 19.0 Å². The van der Waals surface area contributed by atoms with Crippen molar-refractivity contribution < 1.29 is 13.2 Å². The predicted octanol–water partition coefficient (Wildman–Crippen LogP) is 3.53. The third kappa shape index (κ3) is 4.76. The fourth-order valence-electron chi connectivity index (χ4n) is 1.75. The van der Waals surface area contributed by atoms with Crippen LogP contribution < -0.4 is 0 Å². The normalized spacial score (nSPS) is 13.3. The number of halogens is 3. The summed E-state index contributed by atoms with van der Waals surface area (Å²) in [5.74, 6) is 0. The van der Waals surface area contributed by atoms with E-state index in [9.17, 15) is 13.2 Å². The summed E-state index contributed by atoms with van der Waals surface area (Å²) in [4.78, 5) is 1.58. The average Bonchev–Trinajstić information content (AvgIpc) is 2.33. The van der Waals surface area contributed by atoms with Gasteiger partial charge in [0.15, 0.2) is 0 Å². The van der Waals surface area contributed by atoms with E-state index in [1.165, 1.54) is 0 Å². The molecule has 0 aromatic heterocycles. The van der Waals surface area contributed by atoms with E-state index in [1.54, 1.807) is 11.9 Å². The molecule has 2 nitrogen and oxygen atoms in total. The number of hydrogen-bond donors (Lipinski definition) is 0. The summed E-state index contributed by atoms with van der Waals surface area (Å²) in [5.41, 5.74) is 0.865. The van der Waals surface area contributed by atoms with Crippen molar-refractivity contribution in [2.75, 3.05) is 13.6 Å².